The topological polar surface area (TPSA) is 72.6 Å². The molecule has 1 aromatic heterocycles. The molecule has 1 N–H and O–H groups in total. The molecule has 112 valence electrons. The number of carboxylic acid groups (broad SMARTS) is 1. The first-order valence-electron chi connectivity index (χ1n) is 6.56. The van der Waals surface area contributed by atoms with Crippen LogP contribution in [0.5, 0.6) is 5.75 Å². The van der Waals surface area contributed by atoms with Crippen molar-refractivity contribution < 1.29 is 19.2 Å². The number of carbonyl (C=O) groups is 1. The number of hydrogen-bond donors (Lipinski definition) is 1. The number of hydrogen-bond acceptors (Lipinski definition) is 4. The molecule has 0 aliphatic carbocycles. The number of rotatable bonds is 4. The van der Waals surface area contributed by atoms with E-state index in [0.29, 0.717) is 11.3 Å². The van der Waals surface area contributed by atoms with Gasteiger partial charge in [0.25, 0.3) is 0 Å². The number of carboxylic acids is 1. The van der Waals surface area contributed by atoms with Crippen molar-refractivity contribution in [2.24, 2.45) is 0 Å². The van der Waals surface area contributed by atoms with Crippen LogP contribution in [0.1, 0.15) is 5.56 Å². The van der Waals surface area contributed by atoms with Crippen molar-refractivity contribution in [3.63, 3.8) is 0 Å². The highest BCUT2D eigenvalue weighted by Crippen LogP contribution is 2.37. The van der Waals surface area contributed by atoms with Crippen molar-refractivity contribution >= 4 is 28.5 Å². The minimum absolute atomic E-state index is 0.213. The van der Waals surface area contributed by atoms with Gasteiger partial charge in [-0.1, -0.05) is 46.6 Å². The first-order chi connectivity index (χ1) is 10.6. The second-order valence-electron chi connectivity index (χ2n) is 4.83. The molecule has 0 amide bonds. The lowest BCUT2D eigenvalue weighted by Crippen LogP contribution is -2.09. The van der Waals surface area contributed by atoms with Gasteiger partial charge in [0.1, 0.15) is 16.5 Å². The summed E-state index contributed by atoms with van der Waals surface area (Å²) in [5.74, 6) is -0.822. The third-order valence-corrected chi connectivity index (χ3v) is 3.58. The van der Waals surface area contributed by atoms with E-state index in [0.717, 1.165) is 16.5 Å². The summed E-state index contributed by atoms with van der Waals surface area (Å²) in [7, 11) is 0. The van der Waals surface area contributed by atoms with Gasteiger partial charge in [0.15, 0.2) is 12.2 Å². The van der Waals surface area contributed by atoms with Gasteiger partial charge < -0.3 is 14.4 Å². The first-order valence-corrected chi connectivity index (χ1v) is 6.93. The Labute approximate surface area is 131 Å². The average molecular weight is 318 g/mol. The van der Waals surface area contributed by atoms with E-state index in [1.165, 1.54) is 0 Å². The fraction of sp³-hybridized carbons (Fsp3) is 0.125. The quantitative estimate of drug-likeness (QED) is 0.789. The van der Waals surface area contributed by atoms with Gasteiger partial charge in [-0.2, -0.15) is 0 Å². The molecular formula is C16H12ClNO4. The van der Waals surface area contributed by atoms with Crippen LogP contribution in [-0.2, 0) is 4.79 Å². The van der Waals surface area contributed by atoms with Gasteiger partial charge in [-0.05, 0) is 19.1 Å². The van der Waals surface area contributed by atoms with E-state index in [2.05, 4.69) is 5.16 Å². The zero-order valence-electron chi connectivity index (χ0n) is 11.7. The molecule has 0 aliphatic heterocycles. The minimum Gasteiger partial charge on any atom is -0.480 e. The standard InChI is InChI=1S/C16H12ClNO4/c1-9-2-4-10(5-3-9)15-11-6-7-12(21-8-13(19)20)14(17)16(11)22-18-15/h2-7H,8H2,1H3,(H,19,20). The summed E-state index contributed by atoms with van der Waals surface area (Å²) >= 11 is 6.20. The van der Waals surface area contributed by atoms with Crippen molar-refractivity contribution in [2.75, 3.05) is 6.61 Å². The molecule has 0 saturated heterocycles. The van der Waals surface area contributed by atoms with Crippen LogP contribution in [0.25, 0.3) is 22.2 Å². The Kier molecular flexibility index (Phi) is 3.73. The van der Waals surface area contributed by atoms with Gasteiger partial charge >= 0.3 is 5.97 Å². The molecule has 0 fully saturated rings. The van der Waals surface area contributed by atoms with E-state index in [-0.39, 0.29) is 10.8 Å². The normalized spacial score (nSPS) is 10.8. The lowest BCUT2D eigenvalue weighted by molar-refractivity contribution is -0.139. The lowest BCUT2D eigenvalue weighted by atomic mass is 10.1. The summed E-state index contributed by atoms with van der Waals surface area (Å²) in [6, 6.07) is 11.3. The number of aryl methyl sites for hydroxylation is 1. The summed E-state index contributed by atoms with van der Waals surface area (Å²) in [6.45, 7) is 1.54. The largest absolute Gasteiger partial charge is 0.480 e. The molecule has 0 saturated carbocycles. The molecule has 0 bridgehead atoms. The van der Waals surface area contributed by atoms with Gasteiger partial charge in [-0.3, -0.25) is 0 Å². The van der Waals surface area contributed by atoms with Crippen LogP contribution in [0.2, 0.25) is 5.02 Å². The fourth-order valence-corrected chi connectivity index (χ4v) is 2.38. The smallest absolute Gasteiger partial charge is 0.341 e. The Balaban J connectivity index is 2.03. The predicted octanol–water partition coefficient (Wildman–Crippen LogP) is 3.92. The van der Waals surface area contributed by atoms with Gasteiger partial charge in [-0.15, -0.1) is 0 Å². The van der Waals surface area contributed by atoms with Crippen molar-refractivity contribution in [2.45, 2.75) is 6.92 Å². The molecule has 3 rings (SSSR count). The Hall–Kier alpha value is -2.53. The molecule has 0 unspecified atom stereocenters. The van der Waals surface area contributed by atoms with Crippen LogP contribution < -0.4 is 4.74 Å². The molecule has 0 atom stereocenters. The SMILES string of the molecule is Cc1ccc(-c2noc3c(Cl)c(OCC(=O)O)ccc23)cc1. The number of ether oxygens (including phenoxy) is 1. The molecule has 3 aromatic rings. The minimum atomic E-state index is -1.07. The van der Waals surface area contributed by atoms with Crippen molar-refractivity contribution in [3.8, 4) is 17.0 Å². The predicted molar refractivity (Wildman–Crippen MR) is 82.3 cm³/mol. The third kappa shape index (κ3) is 2.63. The van der Waals surface area contributed by atoms with Crippen LogP contribution in [-0.4, -0.2) is 22.8 Å². The summed E-state index contributed by atoms with van der Waals surface area (Å²) in [5.41, 5.74) is 3.13. The summed E-state index contributed by atoms with van der Waals surface area (Å²) in [5, 5.41) is 13.7. The Bertz CT molecular complexity index is 839. The maximum atomic E-state index is 10.6. The van der Waals surface area contributed by atoms with Crippen LogP contribution >= 0.6 is 11.6 Å². The lowest BCUT2D eigenvalue weighted by Gasteiger charge is -2.05. The number of benzene rings is 2. The zero-order chi connectivity index (χ0) is 15.7. The van der Waals surface area contributed by atoms with Crippen LogP contribution in [0, 0.1) is 6.92 Å². The van der Waals surface area contributed by atoms with Crippen molar-refractivity contribution in [1.82, 2.24) is 5.16 Å². The highest BCUT2D eigenvalue weighted by atomic mass is 35.5. The molecular weight excluding hydrogens is 306 g/mol. The molecule has 6 heteroatoms. The first kappa shape index (κ1) is 14.4. The monoisotopic (exact) mass is 317 g/mol. The maximum Gasteiger partial charge on any atom is 0.341 e. The number of halogens is 1. The second-order valence-corrected chi connectivity index (χ2v) is 5.21. The van der Waals surface area contributed by atoms with Crippen LogP contribution in [0.4, 0.5) is 0 Å². The molecule has 5 nitrogen and oxygen atoms in total. The van der Waals surface area contributed by atoms with E-state index >= 15 is 0 Å². The summed E-state index contributed by atoms with van der Waals surface area (Å²) < 4.78 is 10.4. The van der Waals surface area contributed by atoms with E-state index in [1.807, 2.05) is 31.2 Å². The third-order valence-electron chi connectivity index (χ3n) is 3.22. The van der Waals surface area contributed by atoms with Crippen LogP contribution in [0.3, 0.4) is 0 Å². The number of aromatic nitrogens is 1. The Morgan fingerprint density at radius 1 is 1.27 bits per heavy atom. The number of fused-ring (bicyclic) bond motifs is 1. The van der Waals surface area contributed by atoms with E-state index in [4.69, 9.17) is 26.0 Å². The van der Waals surface area contributed by atoms with Gasteiger partial charge in [0, 0.05) is 5.56 Å². The summed E-state index contributed by atoms with van der Waals surface area (Å²) in [6.07, 6.45) is 0. The van der Waals surface area contributed by atoms with E-state index < -0.39 is 12.6 Å². The highest BCUT2D eigenvalue weighted by Gasteiger charge is 2.17. The van der Waals surface area contributed by atoms with Gasteiger partial charge in [0.05, 0.1) is 5.39 Å². The average Bonchev–Trinajstić information content (AvgIpc) is 2.92. The molecule has 2 aromatic carbocycles. The molecule has 22 heavy (non-hydrogen) atoms. The van der Waals surface area contributed by atoms with Crippen LogP contribution in [0.15, 0.2) is 40.9 Å². The Morgan fingerprint density at radius 3 is 2.68 bits per heavy atom. The fourth-order valence-electron chi connectivity index (χ4n) is 2.12. The zero-order valence-corrected chi connectivity index (χ0v) is 12.4. The molecule has 0 spiro atoms. The van der Waals surface area contributed by atoms with E-state index in [1.54, 1.807) is 12.1 Å². The molecule has 0 aliphatic rings. The van der Waals surface area contributed by atoms with Crippen molar-refractivity contribution in [3.05, 3.63) is 47.0 Å². The van der Waals surface area contributed by atoms with Crippen molar-refractivity contribution in [1.29, 1.82) is 0 Å². The highest BCUT2D eigenvalue weighted by molar-refractivity contribution is 6.36. The summed E-state index contributed by atoms with van der Waals surface area (Å²) in [4.78, 5) is 10.6. The second kappa shape index (κ2) is 5.69. The van der Waals surface area contributed by atoms with Gasteiger partial charge in [-0.25, -0.2) is 4.79 Å². The molecule has 0 radical (unpaired) electrons. The molecule has 1 heterocycles. The van der Waals surface area contributed by atoms with E-state index in [9.17, 15) is 4.79 Å². The Morgan fingerprint density at radius 2 is 2.00 bits per heavy atom. The van der Waals surface area contributed by atoms with Gasteiger partial charge in [0.2, 0.25) is 0 Å². The number of aliphatic carboxylic acids is 1. The maximum absolute atomic E-state index is 10.6. The number of nitrogens with zero attached hydrogens (tertiary/aromatic N) is 1.